The number of rotatable bonds is 23. The molecule has 1 amide bonds. The molecule has 0 rings (SSSR count). The first-order chi connectivity index (χ1) is 14.9. The smallest absolute Gasteiger partial charge is 0.219 e. The number of aliphatic hydroxyl groups is 1. The van der Waals surface area contributed by atoms with Crippen LogP contribution in [0, 0.1) is 0 Å². The Hall–Kier alpha value is -0.0300. The normalized spacial score (nSPS) is 12.4. The molecule has 0 heterocycles. The minimum atomic E-state index is -0.462. The molecule has 194 valence electrons. The highest BCUT2D eigenvalue weighted by atomic mass is 35.5. The average molecular weight is 498 g/mol. The van der Waals surface area contributed by atoms with E-state index in [1.807, 2.05) is 0 Å². The summed E-state index contributed by atoms with van der Waals surface area (Å²) < 4.78 is 0.725. The number of alkyl halides is 1. The summed E-state index contributed by atoms with van der Waals surface area (Å²) in [4.78, 5) is 12.0. The highest BCUT2D eigenvalue weighted by Crippen LogP contribution is 2.13. The molecule has 0 saturated heterocycles. The molecule has 0 spiro atoms. The molecule has 0 bridgehead atoms. The van der Waals surface area contributed by atoms with Gasteiger partial charge in [-0.25, -0.2) is 0 Å². The predicted octanol–water partition coefficient (Wildman–Crippen LogP) is 3.43. The topological polar surface area (TPSA) is 49.3 Å². The molecule has 0 fully saturated rings. The van der Waals surface area contributed by atoms with Crippen molar-refractivity contribution >= 4 is 17.5 Å². The van der Waals surface area contributed by atoms with Gasteiger partial charge in [-0.3, -0.25) is 4.79 Å². The summed E-state index contributed by atoms with van der Waals surface area (Å²) in [7, 11) is 4.18. The SMILES string of the molecule is CCCCCCCCCCCCCCCCCC(=O)NCCC[N+](C)(C)CC(O)CCl.[Cl-]. The van der Waals surface area contributed by atoms with Crippen LogP contribution in [-0.2, 0) is 4.79 Å². The summed E-state index contributed by atoms with van der Waals surface area (Å²) >= 11 is 5.68. The van der Waals surface area contributed by atoms with Gasteiger partial charge in [-0.05, 0) is 6.42 Å². The Balaban J connectivity index is 0. The average Bonchev–Trinajstić information content (AvgIpc) is 2.73. The van der Waals surface area contributed by atoms with Crippen molar-refractivity contribution in [2.45, 2.75) is 122 Å². The number of halogens is 2. The van der Waals surface area contributed by atoms with E-state index in [1.54, 1.807) is 0 Å². The third kappa shape index (κ3) is 24.6. The van der Waals surface area contributed by atoms with E-state index in [9.17, 15) is 9.90 Å². The fourth-order valence-electron chi connectivity index (χ4n) is 4.19. The van der Waals surface area contributed by atoms with Crippen molar-refractivity contribution in [1.82, 2.24) is 5.32 Å². The van der Waals surface area contributed by atoms with E-state index in [1.165, 1.54) is 89.9 Å². The second-order valence-electron chi connectivity index (χ2n) is 10.1. The Kier molecular flexibility index (Phi) is 25.7. The second-order valence-corrected chi connectivity index (χ2v) is 10.4. The van der Waals surface area contributed by atoms with Crippen LogP contribution in [0.15, 0.2) is 0 Å². The molecule has 0 aliphatic heterocycles. The van der Waals surface area contributed by atoms with Crippen LogP contribution in [0.2, 0.25) is 0 Å². The van der Waals surface area contributed by atoms with Crippen LogP contribution in [0.1, 0.15) is 116 Å². The van der Waals surface area contributed by atoms with E-state index in [0.29, 0.717) is 13.0 Å². The van der Waals surface area contributed by atoms with Crippen molar-refractivity contribution in [2.24, 2.45) is 0 Å². The number of quaternary nitrogens is 1. The Morgan fingerprint density at radius 1 is 0.812 bits per heavy atom. The monoisotopic (exact) mass is 496 g/mol. The number of amides is 1. The first-order valence-electron chi connectivity index (χ1n) is 13.2. The molecule has 1 unspecified atom stereocenters. The number of nitrogens with one attached hydrogen (secondary N) is 1. The number of carbonyl (C=O) groups excluding carboxylic acids is 1. The van der Waals surface area contributed by atoms with Gasteiger partial charge < -0.3 is 27.3 Å². The molecule has 0 radical (unpaired) electrons. The van der Waals surface area contributed by atoms with Crippen LogP contribution in [0.25, 0.3) is 0 Å². The Labute approximate surface area is 211 Å². The van der Waals surface area contributed by atoms with Gasteiger partial charge in [0.2, 0.25) is 5.91 Å². The van der Waals surface area contributed by atoms with Crippen LogP contribution < -0.4 is 17.7 Å². The van der Waals surface area contributed by atoms with E-state index in [2.05, 4.69) is 26.3 Å². The quantitative estimate of drug-likeness (QED) is 0.129. The zero-order valence-corrected chi connectivity index (χ0v) is 23.0. The molecule has 6 heteroatoms. The number of hydrogen-bond donors (Lipinski definition) is 2. The van der Waals surface area contributed by atoms with Crippen molar-refractivity contribution in [3.8, 4) is 0 Å². The number of hydrogen-bond acceptors (Lipinski definition) is 2. The molecule has 1 atom stereocenters. The third-order valence-corrected chi connectivity index (χ3v) is 6.51. The zero-order chi connectivity index (χ0) is 23.2. The largest absolute Gasteiger partial charge is 1.00 e. The summed E-state index contributed by atoms with van der Waals surface area (Å²) in [6.07, 6.45) is 21.3. The fraction of sp³-hybridized carbons (Fsp3) is 0.962. The van der Waals surface area contributed by atoms with E-state index >= 15 is 0 Å². The first-order valence-corrected chi connectivity index (χ1v) is 13.8. The summed E-state index contributed by atoms with van der Waals surface area (Å²) in [6.45, 7) is 4.57. The molecule has 32 heavy (non-hydrogen) atoms. The summed E-state index contributed by atoms with van der Waals surface area (Å²) in [5.74, 6) is 0.457. The van der Waals surface area contributed by atoms with Gasteiger partial charge in [0.15, 0.2) is 0 Å². The van der Waals surface area contributed by atoms with Crippen molar-refractivity contribution in [1.29, 1.82) is 0 Å². The summed E-state index contributed by atoms with van der Waals surface area (Å²) in [6, 6.07) is 0. The van der Waals surface area contributed by atoms with Gasteiger partial charge in [0.1, 0.15) is 12.6 Å². The maximum atomic E-state index is 12.0. The van der Waals surface area contributed by atoms with Crippen molar-refractivity contribution in [3.05, 3.63) is 0 Å². The molecule has 0 aromatic carbocycles. The van der Waals surface area contributed by atoms with Gasteiger partial charge >= 0.3 is 0 Å². The van der Waals surface area contributed by atoms with Gasteiger partial charge in [0.25, 0.3) is 0 Å². The lowest BCUT2D eigenvalue weighted by molar-refractivity contribution is -0.893. The van der Waals surface area contributed by atoms with Crippen molar-refractivity contribution in [2.75, 3.05) is 39.6 Å². The number of nitrogens with zero attached hydrogens (tertiary/aromatic N) is 1. The Bertz CT molecular complexity index is 409. The van der Waals surface area contributed by atoms with Gasteiger partial charge in [-0.2, -0.15) is 0 Å². The van der Waals surface area contributed by atoms with Gasteiger partial charge in [-0.15, -0.1) is 11.6 Å². The van der Waals surface area contributed by atoms with E-state index < -0.39 is 6.10 Å². The van der Waals surface area contributed by atoms with Crippen LogP contribution in [-0.4, -0.2) is 61.2 Å². The molecule has 4 nitrogen and oxygen atoms in total. The highest BCUT2D eigenvalue weighted by molar-refractivity contribution is 6.18. The summed E-state index contributed by atoms with van der Waals surface area (Å²) in [5, 5.41) is 12.7. The van der Waals surface area contributed by atoms with Crippen LogP contribution in [0.5, 0.6) is 0 Å². The third-order valence-electron chi connectivity index (χ3n) is 6.15. The minimum absolute atomic E-state index is 0. The Morgan fingerprint density at radius 2 is 1.25 bits per heavy atom. The molecule has 0 aliphatic rings. The number of likely N-dealkylation sites (N-methyl/N-ethyl adjacent to an activating group) is 1. The maximum Gasteiger partial charge on any atom is 0.219 e. The molecular weight excluding hydrogens is 443 g/mol. The standard InChI is InChI=1S/C26H53ClN2O2.ClH/c1-4-5-6-7-8-9-10-11-12-13-14-15-16-17-18-20-26(31)28-21-19-22-29(2,3)24-25(30)23-27;/h25,30H,4-24H2,1-3H3;1H. The van der Waals surface area contributed by atoms with Crippen molar-refractivity contribution in [3.63, 3.8) is 0 Å². The van der Waals surface area contributed by atoms with Gasteiger partial charge in [0.05, 0.1) is 26.5 Å². The maximum absolute atomic E-state index is 12.0. The number of aliphatic hydroxyl groups excluding tert-OH is 1. The number of carbonyl (C=O) groups is 1. The van der Waals surface area contributed by atoms with Gasteiger partial charge in [0, 0.05) is 19.4 Å². The molecule has 2 N–H and O–H groups in total. The molecule has 0 aromatic heterocycles. The fourth-order valence-corrected chi connectivity index (χ4v) is 4.29. The van der Waals surface area contributed by atoms with Crippen LogP contribution >= 0.6 is 11.6 Å². The molecule has 0 aromatic rings. The first kappa shape index (κ1) is 34.1. The zero-order valence-electron chi connectivity index (χ0n) is 21.5. The second kappa shape index (κ2) is 24.1. The van der Waals surface area contributed by atoms with E-state index in [0.717, 1.165) is 30.4 Å². The molecule has 0 saturated carbocycles. The predicted molar refractivity (Wildman–Crippen MR) is 136 cm³/mol. The molecule has 0 aliphatic carbocycles. The van der Waals surface area contributed by atoms with E-state index in [-0.39, 0.29) is 24.2 Å². The summed E-state index contributed by atoms with van der Waals surface area (Å²) in [5.41, 5.74) is 0. The van der Waals surface area contributed by atoms with Gasteiger partial charge in [-0.1, -0.05) is 96.8 Å². The lowest BCUT2D eigenvalue weighted by atomic mass is 10.0. The number of unbranched alkanes of at least 4 members (excludes halogenated alkanes) is 14. The van der Waals surface area contributed by atoms with Crippen LogP contribution in [0.4, 0.5) is 0 Å². The van der Waals surface area contributed by atoms with Crippen molar-refractivity contribution < 1.29 is 26.8 Å². The lowest BCUT2D eigenvalue weighted by Crippen LogP contribution is -3.00. The minimum Gasteiger partial charge on any atom is -1.00 e. The lowest BCUT2D eigenvalue weighted by Gasteiger charge is -2.31. The Morgan fingerprint density at radius 3 is 1.69 bits per heavy atom. The highest BCUT2D eigenvalue weighted by Gasteiger charge is 2.19. The van der Waals surface area contributed by atoms with E-state index in [4.69, 9.17) is 11.6 Å². The van der Waals surface area contributed by atoms with Crippen LogP contribution in [0.3, 0.4) is 0 Å². The molecular formula is C26H54Cl2N2O2.